The Morgan fingerprint density at radius 3 is 2.47 bits per heavy atom. The number of aliphatic hydroxyl groups excluding tert-OH is 2. The van der Waals surface area contributed by atoms with Crippen LogP contribution in [0.15, 0.2) is 48.5 Å². The Morgan fingerprint density at radius 1 is 1.11 bits per heavy atom. The number of nitrogens with zero attached hydrogens (tertiary/aromatic N) is 1. The van der Waals surface area contributed by atoms with E-state index in [-0.39, 0.29) is 31.2 Å². The summed E-state index contributed by atoms with van der Waals surface area (Å²) in [7, 11) is 0. The normalized spacial score (nSPS) is 18.6. The largest absolute Gasteiger partial charge is 0.493 e. The molecule has 38 heavy (non-hydrogen) atoms. The Labute approximate surface area is 227 Å². The molecule has 0 radical (unpaired) electrons. The number of aromatic amines is 1. The van der Waals surface area contributed by atoms with Crippen LogP contribution in [0.1, 0.15) is 41.8 Å². The van der Waals surface area contributed by atoms with Gasteiger partial charge in [0.1, 0.15) is 17.5 Å². The van der Waals surface area contributed by atoms with Crippen molar-refractivity contribution in [2.75, 3.05) is 26.4 Å². The number of alkyl halides is 1. The number of benzene rings is 2. The highest BCUT2D eigenvalue weighted by molar-refractivity contribution is 6.24. The van der Waals surface area contributed by atoms with Gasteiger partial charge in [-0.25, -0.2) is 4.79 Å². The second-order valence-corrected chi connectivity index (χ2v) is 11.0. The van der Waals surface area contributed by atoms with Crippen LogP contribution in [0.3, 0.4) is 0 Å². The fourth-order valence-electron chi connectivity index (χ4n) is 4.90. The SMILES string of the molecule is Cc1ccc(OC(=O)N2CCc3c([nH]c4c3=CC(Cl)CC=4)[C@@H]2c2ccc(OCC(C)(CO)CO)cc2)cc1. The zero-order valence-electron chi connectivity index (χ0n) is 21.6. The quantitative estimate of drug-likeness (QED) is 0.402. The number of amides is 1. The van der Waals surface area contributed by atoms with Gasteiger partial charge in [-0.1, -0.05) is 48.9 Å². The minimum atomic E-state index is -0.732. The lowest BCUT2D eigenvalue weighted by Crippen LogP contribution is -2.43. The second kappa shape index (κ2) is 10.8. The lowest BCUT2D eigenvalue weighted by molar-refractivity contribution is 0.0287. The Bertz CT molecular complexity index is 1410. The van der Waals surface area contributed by atoms with Crippen LogP contribution < -0.4 is 20.0 Å². The number of carbonyl (C=O) groups excluding carboxylic acids is 1. The standard InChI is InChI=1S/C30H33ClN2O5/c1-19-3-8-23(9-4-19)38-29(36)33-14-13-24-25-15-21(31)7-12-26(25)32-27(24)28(33)20-5-10-22(11-6-20)37-18-30(2,16-34)17-35/h3-6,8-12,15,21,28,32,34-35H,7,13-14,16-18H2,1-2H3/t21?,28-/m0/s1. The van der Waals surface area contributed by atoms with Crippen LogP contribution in [0.2, 0.25) is 0 Å². The highest BCUT2D eigenvalue weighted by atomic mass is 35.5. The van der Waals surface area contributed by atoms with Gasteiger partial charge >= 0.3 is 6.09 Å². The second-order valence-electron chi connectivity index (χ2n) is 10.5. The molecule has 7 nitrogen and oxygen atoms in total. The molecule has 0 fully saturated rings. The molecule has 200 valence electrons. The molecule has 5 rings (SSSR count). The molecule has 1 aliphatic heterocycles. The maximum Gasteiger partial charge on any atom is 0.416 e. The topological polar surface area (TPSA) is 95.0 Å². The number of fused-ring (bicyclic) bond motifs is 3. The van der Waals surface area contributed by atoms with Gasteiger partial charge in [0.05, 0.1) is 25.2 Å². The highest BCUT2D eigenvalue weighted by Gasteiger charge is 2.36. The van der Waals surface area contributed by atoms with Gasteiger partial charge in [-0.2, -0.15) is 0 Å². The smallest absolute Gasteiger partial charge is 0.416 e. The van der Waals surface area contributed by atoms with Crippen LogP contribution in [-0.2, 0) is 6.42 Å². The third kappa shape index (κ3) is 5.32. The van der Waals surface area contributed by atoms with E-state index in [1.165, 1.54) is 5.56 Å². The van der Waals surface area contributed by atoms with Gasteiger partial charge in [0.2, 0.25) is 0 Å². The molecule has 1 aromatic heterocycles. The van der Waals surface area contributed by atoms with Crippen LogP contribution in [0, 0.1) is 12.3 Å². The predicted molar refractivity (Wildman–Crippen MR) is 147 cm³/mol. The van der Waals surface area contributed by atoms with E-state index >= 15 is 0 Å². The number of aryl methyl sites for hydroxylation is 1. The summed E-state index contributed by atoms with van der Waals surface area (Å²) in [6.07, 6.45) is 5.25. The molecule has 0 spiro atoms. The molecule has 2 atom stereocenters. The van der Waals surface area contributed by atoms with Crippen LogP contribution in [0.25, 0.3) is 12.2 Å². The number of halogens is 1. The molecule has 8 heteroatoms. The Hall–Kier alpha value is -3.26. The number of ether oxygens (including phenoxy) is 2. The van der Waals surface area contributed by atoms with Crippen molar-refractivity contribution in [3.63, 3.8) is 0 Å². The number of H-pyrrole nitrogens is 1. The molecule has 3 N–H and O–H groups in total. The summed E-state index contributed by atoms with van der Waals surface area (Å²) in [6, 6.07) is 14.6. The van der Waals surface area contributed by atoms with Gasteiger partial charge in [-0.05, 0) is 55.2 Å². The first-order valence-electron chi connectivity index (χ1n) is 12.9. The molecule has 3 aromatic rings. The number of hydrogen-bond acceptors (Lipinski definition) is 5. The van der Waals surface area contributed by atoms with Crippen molar-refractivity contribution in [3.8, 4) is 11.5 Å². The van der Waals surface area contributed by atoms with Crippen LogP contribution in [0.5, 0.6) is 11.5 Å². The van der Waals surface area contributed by atoms with Crippen LogP contribution in [-0.4, -0.2) is 57.9 Å². The van der Waals surface area contributed by atoms with Crippen molar-refractivity contribution in [2.45, 2.75) is 38.1 Å². The summed E-state index contributed by atoms with van der Waals surface area (Å²) >= 11 is 6.45. The molecule has 2 aliphatic rings. The fraction of sp³-hybridized carbons (Fsp3) is 0.367. The van der Waals surface area contributed by atoms with Gasteiger partial charge in [0, 0.05) is 28.2 Å². The number of aliphatic hydroxyl groups is 2. The molecule has 2 aromatic carbocycles. The molecule has 1 unspecified atom stereocenters. The van der Waals surface area contributed by atoms with Crippen molar-refractivity contribution in [2.24, 2.45) is 5.41 Å². The molecule has 1 amide bonds. The number of rotatable bonds is 7. The highest BCUT2D eigenvalue weighted by Crippen LogP contribution is 2.34. The summed E-state index contributed by atoms with van der Waals surface area (Å²) in [5, 5.41) is 21.2. The fourth-order valence-corrected chi connectivity index (χ4v) is 5.12. The Balaban J connectivity index is 1.48. The summed E-state index contributed by atoms with van der Waals surface area (Å²) in [6.45, 7) is 4.06. The number of nitrogens with one attached hydrogen (secondary N) is 1. The van der Waals surface area contributed by atoms with E-state index < -0.39 is 11.5 Å². The van der Waals surface area contributed by atoms with Gasteiger partial charge in [-0.15, -0.1) is 11.6 Å². The first kappa shape index (κ1) is 26.4. The van der Waals surface area contributed by atoms with Crippen molar-refractivity contribution in [1.82, 2.24) is 9.88 Å². The number of hydrogen-bond donors (Lipinski definition) is 3. The molecule has 0 saturated heterocycles. The predicted octanol–water partition coefficient (Wildman–Crippen LogP) is 3.41. The van der Waals surface area contributed by atoms with Gasteiger partial charge in [0.25, 0.3) is 0 Å². The molecular formula is C30H33ClN2O5. The molecule has 1 aliphatic carbocycles. The van der Waals surface area contributed by atoms with E-state index in [4.69, 9.17) is 21.1 Å². The summed E-state index contributed by atoms with van der Waals surface area (Å²) in [5.41, 5.74) is 3.40. The zero-order chi connectivity index (χ0) is 26.9. The Kier molecular flexibility index (Phi) is 7.52. The van der Waals surface area contributed by atoms with E-state index in [9.17, 15) is 15.0 Å². The molecule has 0 bridgehead atoms. The maximum absolute atomic E-state index is 13.5. The first-order valence-corrected chi connectivity index (χ1v) is 13.3. The minimum Gasteiger partial charge on any atom is -0.493 e. The van der Waals surface area contributed by atoms with Crippen molar-refractivity contribution < 1.29 is 24.5 Å². The van der Waals surface area contributed by atoms with Crippen LogP contribution in [0.4, 0.5) is 4.79 Å². The number of aromatic nitrogens is 1. The van der Waals surface area contributed by atoms with Gasteiger partial charge in [0.15, 0.2) is 0 Å². The van der Waals surface area contributed by atoms with Crippen molar-refractivity contribution in [1.29, 1.82) is 0 Å². The van der Waals surface area contributed by atoms with Crippen molar-refractivity contribution in [3.05, 3.63) is 81.5 Å². The average Bonchev–Trinajstić information content (AvgIpc) is 3.30. The third-order valence-corrected chi connectivity index (χ3v) is 7.60. The lowest BCUT2D eigenvalue weighted by Gasteiger charge is -2.35. The molecular weight excluding hydrogens is 504 g/mol. The maximum atomic E-state index is 13.5. The van der Waals surface area contributed by atoms with Gasteiger partial charge < -0.3 is 24.7 Å². The van der Waals surface area contributed by atoms with E-state index in [1.54, 1.807) is 24.0 Å². The number of carbonyl (C=O) groups is 1. The average molecular weight is 537 g/mol. The van der Waals surface area contributed by atoms with Crippen molar-refractivity contribution >= 4 is 29.8 Å². The van der Waals surface area contributed by atoms with E-state index in [1.807, 2.05) is 43.3 Å². The first-order chi connectivity index (χ1) is 18.3. The van der Waals surface area contributed by atoms with Crippen LogP contribution >= 0.6 is 11.6 Å². The monoisotopic (exact) mass is 536 g/mol. The van der Waals surface area contributed by atoms with Gasteiger partial charge in [-0.3, -0.25) is 4.90 Å². The van der Waals surface area contributed by atoms with E-state index in [0.29, 0.717) is 24.5 Å². The zero-order valence-corrected chi connectivity index (χ0v) is 22.4. The summed E-state index contributed by atoms with van der Waals surface area (Å²) in [5.74, 6) is 1.12. The van der Waals surface area contributed by atoms with E-state index in [2.05, 4.69) is 17.1 Å². The lowest BCUT2D eigenvalue weighted by atomic mass is 9.92. The minimum absolute atomic E-state index is 0.0506. The summed E-state index contributed by atoms with van der Waals surface area (Å²) < 4.78 is 11.6. The van der Waals surface area contributed by atoms with E-state index in [0.717, 1.165) is 33.8 Å². The summed E-state index contributed by atoms with van der Waals surface area (Å²) in [4.78, 5) is 18.8. The molecule has 2 heterocycles. The molecule has 0 saturated carbocycles. The third-order valence-electron chi connectivity index (χ3n) is 7.30. The Morgan fingerprint density at radius 2 is 1.79 bits per heavy atom.